The SMILES string of the molecule is COC(=O)[C@H]1CC=C[C@@H](c2ccccc2)c2oc3ccccc3c21. The van der Waals surface area contributed by atoms with E-state index in [9.17, 15) is 4.79 Å². The van der Waals surface area contributed by atoms with Crippen molar-refractivity contribution in [1.29, 1.82) is 0 Å². The quantitative estimate of drug-likeness (QED) is 0.504. The van der Waals surface area contributed by atoms with Gasteiger partial charge in [0.1, 0.15) is 11.3 Å². The number of ether oxygens (including phenoxy) is 1. The van der Waals surface area contributed by atoms with Gasteiger partial charge in [0.15, 0.2) is 0 Å². The zero-order chi connectivity index (χ0) is 16.5. The van der Waals surface area contributed by atoms with Crippen LogP contribution in [0.5, 0.6) is 0 Å². The van der Waals surface area contributed by atoms with Crippen molar-refractivity contribution >= 4 is 16.9 Å². The summed E-state index contributed by atoms with van der Waals surface area (Å²) in [5.41, 5.74) is 2.92. The van der Waals surface area contributed by atoms with Crippen molar-refractivity contribution in [3.05, 3.63) is 83.6 Å². The third-order valence-electron chi connectivity index (χ3n) is 4.64. The molecule has 0 radical (unpaired) electrons. The number of para-hydroxylation sites is 1. The molecule has 0 saturated carbocycles. The van der Waals surface area contributed by atoms with Gasteiger partial charge < -0.3 is 9.15 Å². The summed E-state index contributed by atoms with van der Waals surface area (Å²) in [6, 6.07) is 18.1. The molecule has 0 fully saturated rings. The first-order chi connectivity index (χ1) is 11.8. The molecule has 3 heteroatoms. The Balaban J connectivity index is 1.97. The fourth-order valence-corrected chi connectivity index (χ4v) is 3.51. The van der Waals surface area contributed by atoms with E-state index in [1.165, 1.54) is 7.11 Å². The molecule has 1 heterocycles. The summed E-state index contributed by atoms with van der Waals surface area (Å²) >= 11 is 0. The second-order valence-corrected chi connectivity index (χ2v) is 6.00. The van der Waals surface area contributed by atoms with Crippen molar-refractivity contribution in [1.82, 2.24) is 0 Å². The molecular weight excluding hydrogens is 300 g/mol. The van der Waals surface area contributed by atoms with E-state index in [2.05, 4.69) is 24.3 Å². The number of furan rings is 1. The Hall–Kier alpha value is -2.81. The molecule has 3 nitrogen and oxygen atoms in total. The first kappa shape index (κ1) is 14.8. The average molecular weight is 318 g/mol. The monoisotopic (exact) mass is 318 g/mol. The number of esters is 1. The molecule has 0 bridgehead atoms. The van der Waals surface area contributed by atoms with Crippen molar-refractivity contribution < 1.29 is 13.9 Å². The predicted molar refractivity (Wildman–Crippen MR) is 93.0 cm³/mol. The molecule has 2 atom stereocenters. The number of carbonyl (C=O) groups is 1. The van der Waals surface area contributed by atoms with Crippen molar-refractivity contribution in [3.8, 4) is 0 Å². The van der Waals surface area contributed by atoms with Crippen LogP contribution in [-0.4, -0.2) is 13.1 Å². The smallest absolute Gasteiger partial charge is 0.313 e. The fourth-order valence-electron chi connectivity index (χ4n) is 3.51. The van der Waals surface area contributed by atoms with Crippen molar-refractivity contribution in [2.45, 2.75) is 18.3 Å². The summed E-state index contributed by atoms with van der Waals surface area (Å²) in [6.07, 6.45) is 4.80. The number of rotatable bonds is 2. The Morgan fingerprint density at radius 2 is 1.83 bits per heavy atom. The van der Waals surface area contributed by atoms with E-state index in [1.807, 2.05) is 42.5 Å². The van der Waals surface area contributed by atoms with Gasteiger partial charge in [0.25, 0.3) is 0 Å². The molecule has 24 heavy (non-hydrogen) atoms. The summed E-state index contributed by atoms with van der Waals surface area (Å²) in [5, 5.41) is 0.993. The summed E-state index contributed by atoms with van der Waals surface area (Å²) in [4.78, 5) is 12.4. The molecule has 2 aromatic carbocycles. The van der Waals surface area contributed by atoms with Gasteiger partial charge >= 0.3 is 5.97 Å². The lowest BCUT2D eigenvalue weighted by Gasteiger charge is -2.14. The molecule has 0 saturated heterocycles. The van der Waals surface area contributed by atoms with Crippen LogP contribution >= 0.6 is 0 Å². The first-order valence-corrected chi connectivity index (χ1v) is 8.10. The second-order valence-electron chi connectivity index (χ2n) is 6.00. The lowest BCUT2D eigenvalue weighted by atomic mass is 9.89. The number of hydrogen-bond donors (Lipinski definition) is 0. The highest BCUT2D eigenvalue weighted by Crippen LogP contribution is 2.43. The molecule has 0 amide bonds. The third-order valence-corrected chi connectivity index (χ3v) is 4.64. The van der Waals surface area contributed by atoms with Gasteiger partial charge in [0.2, 0.25) is 0 Å². The maximum atomic E-state index is 12.4. The van der Waals surface area contributed by atoms with Crippen molar-refractivity contribution in [2.24, 2.45) is 0 Å². The number of carbonyl (C=O) groups excluding carboxylic acids is 1. The number of methoxy groups -OCH3 is 1. The first-order valence-electron chi connectivity index (χ1n) is 8.10. The van der Waals surface area contributed by atoms with Gasteiger partial charge in [-0.05, 0) is 18.1 Å². The Morgan fingerprint density at radius 1 is 1.08 bits per heavy atom. The van der Waals surface area contributed by atoms with Crippen LogP contribution in [-0.2, 0) is 9.53 Å². The maximum absolute atomic E-state index is 12.4. The van der Waals surface area contributed by atoms with E-state index in [-0.39, 0.29) is 17.8 Å². The van der Waals surface area contributed by atoms with E-state index in [0.29, 0.717) is 6.42 Å². The molecule has 1 aliphatic carbocycles. The second kappa shape index (κ2) is 6.00. The van der Waals surface area contributed by atoms with Gasteiger partial charge in [-0.2, -0.15) is 0 Å². The number of fused-ring (bicyclic) bond motifs is 3. The highest BCUT2D eigenvalue weighted by Gasteiger charge is 2.33. The molecule has 0 unspecified atom stereocenters. The molecule has 1 aliphatic rings. The number of allylic oxidation sites excluding steroid dienone is 2. The maximum Gasteiger partial charge on any atom is 0.313 e. The molecule has 0 N–H and O–H groups in total. The van der Waals surface area contributed by atoms with Crippen molar-refractivity contribution in [2.75, 3.05) is 7.11 Å². The highest BCUT2D eigenvalue weighted by atomic mass is 16.5. The van der Waals surface area contributed by atoms with Crippen LogP contribution in [0.1, 0.15) is 35.1 Å². The van der Waals surface area contributed by atoms with E-state index < -0.39 is 0 Å². The minimum Gasteiger partial charge on any atom is -0.469 e. The van der Waals surface area contributed by atoms with Crippen LogP contribution < -0.4 is 0 Å². The van der Waals surface area contributed by atoms with E-state index in [1.54, 1.807) is 0 Å². The highest BCUT2D eigenvalue weighted by molar-refractivity contribution is 5.90. The van der Waals surface area contributed by atoms with Crippen LogP contribution in [0.2, 0.25) is 0 Å². The summed E-state index contributed by atoms with van der Waals surface area (Å²) in [6.45, 7) is 0. The summed E-state index contributed by atoms with van der Waals surface area (Å²) < 4.78 is 11.3. The van der Waals surface area contributed by atoms with Gasteiger partial charge in [-0.25, -0.2) is 0 Å². The zero-order valence-corrected chi connectivity index (χ0v) is 13.4. The molecule has 3 aromatic rings. The van der Waals surface area contributed by atoms with Gasteiger partial charge in [-0.15, -0.1) is 0 Å². The topological polar surface area (TPSA) is 39.4 Å². The molecule has 0 spiro atoms. The Kier molecular flexibility index (Phi) is 3.69. The summed E-state index contributed by atoms with van der Waals surface area (Å²) in [7, 11) is 1.44. The van der Waals surface area contributed by atoms with Crippen LogP contribution in [0.15, 0.2) is 71.2 Å². The largest absolute Gasteiger partial charge is 0.469 e. The minimum atomic E-state index is -0.335. The lowest BCUT2D eigenvalue weighted by Crippen LogP contribution is -2.14. The average Bonchev–Trinajstić information content (AvgIpc) is 2.90. The van der Waals surface area contributed by atoms with Crippen LogP contribution in [0, 0.1) is 0 Å². The Labute approximate surface area is 140 Å². The van der Waals surface area contributed by atoms with Gasteiger partial charge in [0.05, 0.1) is 18.9 Å². The number of hydrogen-bond acceptors (Lipinski definition) is 3. The predicted octanol–water partition coefficient (Wildman–Crippen LogP) is 4.78. The zero-order valence-electron chi connectivity index (χ0n) is 13.4. The normalized spacial score (nSPS) is 19.7. The Bertz CT molecular complexity index is 905. The molecule has 120 valence electrons. The molecule has 1 aromatic heterocycles. The van der Waals surface area contributed by atoms with Gasteiger partial charge in [-0.3, -0.25) is 4.79 Å². The van der Waals surface area contributed by atoms with Gasteiger partial charge in [-0.1, -0.05) is 60.7 Å². The van der Waals surface area contributed by atoms with Crippen LogP contribution in [0.25, 0.3) is 11.0 Å². The van der Waals surface area contributed by atoms with Crippen LogP contribution in [0.4, 0.5) is 0 Å². The van der Waals surface area contributed by atoms with Crippen molar-refractivity contribution in [3.63, 3.8) is 0 Å². The standard InChI is InChI=1S/C21H18O3/c1-23-21(22)17-12-7-11-15(14-8-3-2-4-9-14)20-19(17)16-10-5-6-13-18(16)24-20/h2-11,13,15,17H,12H2,1H3/t15-,17-/m0/s1. The minimum absolute atomic E-state index is 0.00301. The molecule has 0 aliphatic heterocycles. The fraction of sp³-hybridized carbons (Fsp3) is 0.190. The molecular formula is C21H18O3. The lowest BCUT2D eigenvalue weighted by molar-refractivity contribution is -0.142. The van der Waals surface area contributed by atoms with Crippen LogP contribution in [0.3, 0.4) is 0 Å². The Morgan fingerprint density at radius 3 is 2.62 bits per heavy atom. The van der Waals surface area contributed by atoms with E-state index >= 15 is 0 Å². The van der Waals surface area contributed by atoms with Gasteiger partial charge in [0, 0.05) is 10.9 Å². The van der Waals surface area contributed by atoms with E-state index in [0.717, 1.165) is 27.9 Å². The molecule has 4 rings (SSSR count). The third kappa shape index (κ3) is 2.33. The summed E-state index contributed by atoms with van der Waals surface area (Å²) in [5.74, 6) is 0.287. The number of benzene rings is 2. The van der Waals surface area contributed by atoms with E-state index in [4.69, 9.17) is 9.15 Å².